The van der Waals surface area contributed by atoms with Gasteiger partial charge in [0, 0.05) is 34.8 Å². The fourth-order valence-electron chi connectivity index (χ4n) is 6.07. The molecule has 0 N–H and O–H groups in total. The number of fused-ring (bicyclic) bond motifs is 6. The van der Waals surface area contributed by atoms with Crippen molar-refractivity contribution < 1.29 is 0 Å². The topological polar surface area (TPSA) is 90.6 Å². The maximum Gasteiger partial charge on any atom is 0.171 e. The molecule has 0 bridgehead atoms. The minimum atomic E-state index is -0.302. The number of aromatic nitrogens is 9. The summed E-state index contributed by atoms with van der Waals surface area (Å²) in [7, 11) is 0. The summed E-state index contributed by atoms with van der Waals surface area (Å²) in [6, 6.07) is 18.0. The maximum atomic E-state index is 5.41. The highest BCUT2D eigenvalue weighted by atomic mass is 15.5. The van der Waals surface area contributed by atoms with E-state index in [-0.39, 0.29) is 16.2 Å². The minimum absolute atomic E-state index is 0.302. The third-order valence-electron chi connectivity index (χ3n) is 8.08. The standard InChI is InChI=1S/C36H39N9/c1-34(2,3)28-25(22-16-10-13-19-37-22)31-43(40-28)32-26(23-17-11-14-20-38-23)29(35(4,5)6)42-45(32)33-27(24-18-12-15-21-39-24)30(36(7,8)9)41-44(31)33/h10-21H,1-9H3. The van der Waals surface area contributed by atoms with Crippen LogP contribution in [-0.4, -0.2) is 43.8 Å². The van der Waals surface area contributed by atoms with E-state index in [1.807, 2.05) is 86.7 Å². The molecule has 0 radical (unpaired) electrons. The fourth-order valence-corrected chi connectivity index (χ4v) is 6.07. The van der Waals surface area contributed by atoms with Crippen LogP contribution in [0.2, 0.25) is 0 Å². The van der Waals surface area contributed by atoms with Crippen LogP contribution in [0.25, 0.3) is 50.7 Å². The first-order valence-corrected chi connectivity index (χ1v) is 15.4. The predicted octanol–water partition coefficient (Wildman–Crippen LogP) is 7.71. The Balaban J connectivity index is 1.85. The van der Waals surface area contributed by atoms with E-state index < -0.39 is 0 Å². The highest BCUT2D eigenvalue weighted by Gasteiger charge is 2.36. The molecule has 0 fully saturated rings. The second kappa shape index (κ2) is 9.79. The Kier molecular flexibility index (Phi) is 6.27. The molecule has 0 amide bonds. The molecule has 0 saturated carbocycles. The van der Waals surface area contributed by atoms with Gasteiger partial charge in [0.2, 0.25) is 0 Å². The summed E-state index contributed by atoms with van der Waals surface area (Å²) < 4.78 is 6.06. The molecular formula is C36H39N9. The minimum Gasteiger partial charge on any atom is -0.256 e. The molecule has 9 heteroatoms. The summed E-state index contributed by atoms with van der Waals surface area (Å²) in [5.74, 6) is 0. The van der Waals surface area contributed by atoms with Crippen molar-refractivity contribution in [1.82, 2.24) is 43.8 Å². The molecule has 45 heavy (non-hydrogen) atoms. The van der Waals surface area contributed by atoms with E-state index in [0.717, 1.165) is 67.8 Å². The van der Waals surface area contributed by atoms with Crippen molar-refractivity contribution in [3.05, 3.63) is 90.3 Å². The highest BCUT2D eigenvalue weighted by Crippen LogP contribution is 2.43. The average molecular weight is 598 g/mol. The molecule has 0 aliphatic carbocycles. The molecule has 0 saturated heterocycles. The Labute approximate surface area is 263 Å². The lowest BCUT2D eigenvalue weighted by atomic mass is 9.88. The van der Waals surface area contributed by atoms with Crippen LogP contribution in [0.5, 0.6) is 0 Å². The van der Waals surface area contributed by atoms with Crippen LogP contribution >= 0.6 is 0 Å². The summed E-state index contributed by atoms with van der Waals surface area (Å²) >= 11 is 0. The number of pyridine rings is 3. The van der Waals surface area contributed by atoms with Gasteiger partial charge in [0.15, 0.2) is 16.9 Å². The molecule has 9 nitrogen and oxygen atoms in total. The maximum absolute atomic E-state index is 5.41. The zero-order chi connectivity index (χ0) is 31.9. The van der Waals surface area contributed by atoms with Gasteiger partial charge in [-0.25, -0.2) is 0 Å². The predicted molar refractivity (Wildman–Crippen MR) is 178 cm³/mol. The molecule has 7 aromatic rings. The summed E-state index contributed by atoms with van der Waals surface area (Å²) in [6.45, 7) is 19.7. The molecule has 228 valence electrons. The molecule has 0 aromatic carbocycles. The Morgan fingerprint density at radius 1 is 0.400 bits per heavy atom. The third-order valence-corrected chi connectivity index (χ3v) is 8.08. The van der Waals surface area contributed by atoms with Crippen LogP contribution in [0.4, 0.5) is 0 Å². The number of nitrogens with zero attached hydrogens (tertiary/aromatic N) is 9. The monoisotopic (exact) mass is 597 g/mol. The summed E-state index contributed by atoms with van der Waals surface area (Å²) in [4.78, 5) is 14.6. The second-order valence-electron chi connectivity index (χ2n) is 14.8. The quantitative estimate of drug-likeness (QED) is 0.207. The van der Waals surface area contributed by atoms with Crippen molar-refractivity contribution in [2.75, 3.05) is 0 Å². The third kappa shape index (κ3) is 4.52. The first-order valence-electron chi connectivity index (χ1n) is 15.4. The highest BCUT2D eigenvalue weighted by molar-refractivity contribution is 5.91. The van der Waals surface area contributed by atoms with Gasteiger partial charge in [-0.1, -0.05) is 80.5 Å². The van der Waals surface area contributed by atoms with E-state index in [1.165, 1.54) is 0 Å². The molecule has 0 aliphatic heterocycles. The van der Waals surface area contributed by atoms with Gasteiger partial charge in [-0.3, -0.25) is 15.0 Å². The zero-order valence-electron chi connectivity index (χ0n) is 27.5. The van der Waals surface area contributed by atoms with Gasteiger partial charge in [-0.15, -0.1) is 0 Å². The van der Waals surface area contributed by atoms with Crippen molar-refractivity contribution in [1.29, 1.82) is 0 Å². The van der Waals surface area contributed by atoms with Crippen LogP contribution in [0.1, 0.15) is 79.4 Å². The van der Waals surface area contributed by atoms with Crippen LogP contribution < -0.4 is 0 Å². The van der Waals surface area contributed by atoms with Crippen molar-refractivity contribution >= 4 is 16.9 Å². The van der Waals surface area contributed by atoms with E-state index in [9.17, 15) is 0 Å². The zero-order valence-corrected chi connectivity index (χ0v) is 27.5. The summed E-state index contributed by atoms with van der Waals surface area (Å²) in [6.07, 6.45) is 5.50. The van der Waals surface area contributed by atoms with Crippen molar-refractivity contribution in [2.24, 2.45) is 0 Å². The number of rotatable bonds is 3. The Morgan fingerprint density at radius 3 is 0.867 bits per heavy atom. The molecule has 0 atom stereocenters. The summed E-state index contributed by atoms with van der Waals surface area (Å²) in [5, 5.41) is 16.2. The molecule has 7 aromatic heterocycles. The van der Waals surface area contributed by atoms with Crippen LogP contribution in [0.15, 0.2) is 73.2 Å². The lowest BCUT2D eigenvalue weighted by Gasteiger charge is -2.17. The molecule has 0 unspecified atom stereocenters. The van der Waals surface area contributed by atoms with Gasteiger partial charge < -0.3 is 0 Å². The van der Waals surface area contributed by atoms with E-state index in [0.29, 0.717) is 0 Å². The molecule has 7 heterocycles. The summed E-state index contributed by atoms with van der Waals surface area (Å²) in [5.41, 5.74) is 9.68. The lowest BCUT2D eigenvalue weighted by Crippen LogP contribution is -2.14. The van der Waals surface area contributed by atoms with Crippen LogP contribution in [-0.2, 0) is 16.2 Å². The molecule has 0 spiro atoms. The Bertz CT molecular complexity index is 1900. The van der Waals surface area contributed by atoms with Crippen LogP contribution in [0, 0.1) is 0 Å². The average Bonchev–Trinajstić information content (AvgIpc) is 3.70. The molecule has 0 aliphatic rings. The van der Waals surface area contributed by atoms with Gasteiger partial charge in [0.1, 0.15) is 0 Å². The first-order chi connectivity index (χ1) is 21.3. The van der Waals surface area contributed by atoms with E-state index in [4.69, 9.17) is 30.2 Å². The second-order valence-corrected chi connectivity index (χ2v) is 14.8. The van der Waals surface area contributed by atoms with E-state index in [2.05, 4.69) is 62.3 Å². The molecular weight excluding hydrogens is 558 g/mol. The van der Waals surface area contributed by atoms with E-state index >= 15 is 0 Å². The Morgan fingerprint density at radius 2 is 0.667 bits per heavy atom. The normalized spacial score (nSPS) is 13.0. The number of hydrogen-bond donors (Lipinski definition) is 0. The van der Waals surface area contributed by atoms with E-state index in [1.54, 1.807) is 0 Å². The fraction of sp³-hybridized carbons (Fsp3) is 0.333. The Hall–Kier alpha value is -4.92. The number of hydrogen-bond acceptors (Lipinski definition) is 6. The van der Waals surface area contributed by atoms with Crippen LogP contribution in [0.3, 0.4) is 0 Å². The van der Waals surface area contributed by atoms with Crippen molar-refractivity contribution in [2.45, 2.75) is 78.6 Å². The first kappa shape index (κ1) is 28.8. The van der Waals surface area contributed by atoms with Gasteiger partial charge >= 0.3 is 0 Å². The molecule has 7 rings (SSSR count). The van der Waals surface area contributed by atoms with Gasteiger partial charge in [-0.05, 0) is 36.4 Å². The van der Waals surface area contributed by atoms with Gasteiger partial charge in [0.05, 0.1) is 50.9 Å². The SMILES string of the molecule is CC(C)(C)c1nn2c(c1-c1ccccn1)n1nc(C(C)(C)C)c(-c3ccccn3)c1n1nc(C(C)(C)C)c(-c3ccccn3)c21. The van der Waals surface area contributed by atoms with Crippen molar-refractivity contribution in [3.63, 3.8) is 0 Å². The van der Waals surface area contributed by atoms with Crippen molar-refractivity contribution in [3.8, 4) is 33.8 Å². The largest absolute Gasteiger partial charge is 0.256 e. The lowest BCUT2D eigenvalue weighted by molar-refractivity contribution is 0.561. The smallest absolute Gasteiger partial charge is 0.171 e. The van der Waals surface area contributed by atoms with Gasteiger partial charge in [0.25, 0.3) is 0 Å². The van der Waals surface area contributed by atoms with Gasteiger partial charge in [-0.2, -0.15) is 28.8 Å².